The average molecular weight is 511 g/mol. The first kappa shape index (κ1) is 24.6. The topological polar surface area (TPSA) is 119 Å². The molecule has 0 saturated carbocycles. The van der Waals surface area contributed by atoms with Gasteiger partial charge in [-0.15, -0.1) is 10.2 Å². The number of benzene rings is 2. The van der Waals surface area contributed by atoms with E-state index in [2.05, 4.69) is 20.3 Å². The van der Waals surface area contributed by atoms with Crippen molar-refractivity contribution < 1.29 is 27.1 Å². The minimum absolute atomic E-state index is 0.0565. The van der Waals surface area contributed by atoms with Gasteiger partial charge in [0.15, 0.2) is 4.34 Å². The Morgan fingerprint density at radius 2 is 1.85 bits per heavy atom. The molecule has 9 nitrogen and oxygen atoms in total. The van der Waals surface area contributed by atoms with E-state index in [1.165, 1.54) is 37.4 Å². The first-order valence-corrected chi connectivity index (χ1v) is 13.0. The van der Waals surface area contributed by atoms with Gasteiger partial charge in [-0.05, 0) is 29.8 Å². The third-order valence-corrected chi connectivity index (χ3v) is 7.30. The molecule has 0 bridgehead atoms. The molecule has 1 heterocycles. The van der Waals surface area contributed by atoms with Crippen molar-refractivity contribution in [2.75, 3.05) is 28.7 Å². The number of ether oxygens (including phenoxy) is 1. The first-order chi connectivity index (χ1) is 15.7. The summed E-state index contributed by atoms with van der Waals surface area (Å²) in [6.07, 6.45) is 1.00. The van der Waals surface area contributed by atoms with Crippen molar-refractivity contribution in [1.82, 2.24) is 10.2 Å². The van der Waals surface area contributed by atoms with Gasteiger partial charge in [-0.25, -0.2) is 12.8 Å². The number of anilines is 2. The molecule has 0 atom stereocenters. The Kier molecular flexibility index (Phi) is 8.00. The number of nitrogens with one attached hydrogen (secondary N) is 1. The molecular weight excluding hydrogens is 491 g/mol. The number of hydrogen-bond donors (Lipinski definition) is 1. The molecule has 33 heavy (non-hydrogen) atoms. The summed E-state index contributed by atoms with van der Waals surface area (Å²) in [6, 6.07) is 11.8. The van der Waals surface area contributed by atoms with Gasteiger partial charge in [0, 0.05) is 5.56 Å². The number of aromatic nitrogens is 2. The summed E-state index contributed by atoms with van der Waals surface area (Å²) in [5.41, 5.74) is 0.825. The molecule has 3 rings (SSSR count). The van der Waals surface area contributed by atoms with Crippen molar-refractivity contribution in [1.29, 1.82) is 0 Å². The van der Waals surface area contributed by atoms with Crippen LogP contribution in [0, 0.1) is 5.82 Å². The minimum atomic E-state index is -3.75. The molecule has 0 aliphatic carbocycles. The van der Waals surface area contributed by atoms with Crippen molar-refractivity contribution in [3.8, 4) is 0 Å². The zero-order valence-corrected chi connectivity index (χ0v) is 20.0. The molecule has 0 fully saturated rings. The number of carbonyl (C=O) groups excluding carboxylic acids is 2. The fraction of sp³-hybridized carbons (Fsp3) is 0.200. The Morgan fingerprint density at radius 3 is 2.48 bits per heavy atom. The highest BCUT2D eigenvalue weighted by molar-refractivity contribution is 8.01. The Hall–Kier alpha value is -3.03. The van der Waals surface area contributed by atoms with E-state index in [0.717, 1.165) is 33.7 Å². The fourth-order valence-corrected chi connectivity index (χ4v) is 5.10. The van der Waals surface area contributed by atoms with Gasteiger partial charge >= 0.3 is 5.97 Å². The Labute approximate surface area is 198 Å². The minimum Gasteiger partial charge on any atom is -0.468 e. The Bertz CT molecular complexity index is 1250. The van der Waals surface area contributed by atoms with E-state index in [9.17, 15) is 22.4 Å². The van der Waals surface area contributed by atoms with Gasteiger partial charge in [-0.3, -0.25) is 19.2 Å². The summed E-state index contributed by atoms with van der Waals surface area (Å²) in [4.78, 5) is 23.7. The molecule has 1 amide bonds. The summed E-state index contributed by atoms with van der Waals surface area (Å²) in [6.45, 7) is -0.0984. The van der Waals surface area contributed by atoms with Crippen LogP contribution in [0.4, 0.5) is 15.2 Å². The van der Waals surface area contributed by atoms with Gasteiger partial charge in [0.05, 0.1) is 31.4 Å². The van der Waals surface area contributed by atoms with Crippen LogP contribution in [-0.2, 0) is 26.1 Å². The van der Waals surface area contributed by atoms with Crippen LogP contribution in [-0.4, -0.2) is 49.6 Å². The second kappa shape index (κ2) is 10.7. The highest BCUT2D eigenvalue weighted by Crippen LogP contribution is 2.26. The largest absolute Gasteiger partial charge is 0.468 e. The number of amides is 1. The third kappa shape index (κ3) is 6.73. The molecule has 0 unspecified atom stereocenters. The molecule has 3 aromatic rings. The molecular formula is C20H19FN4O5S3. The molecule has 0 saturated heterocycles. The molecule has 2 aromatic carbocycles. The average Bonchev–Trinajstić information content (AvgIpc) is 3.23. The predicted octanol–water partition coefficient (Wildman–Crippen LogP) is 3.16. The number of nitrogens with zero attached hydrogens (tertiary/aromatic N) is 3. The number of sulfonamides is 1. The van der Waals surface area contributed by atoms with E-state index in [0.29, 0.717) is 15.5 Å². The van der Waals surface area contributed by atoms with Crippen LogP contribution < -0.4 is 9.62 Å². The quantitative estimate of drug-likeness (QED) is 0.265. The second-order valence-corrected chi connectivity index (χ2v) is 10.7. The molecule has 0 spiro atoms. The number of carbonyl (C=O) groups is 2. The maximum atomic E-state index is 14.2. The van der Waals surface area contributed by atoms with Crippen molar-refractivity contribution >= 4 is 55.8 Å². The van der Waals surface area contributed by atoms with Crippen LogP contribution in [0.5, 0.6) is 0 Å². The molecule has 0 radical (unpaired) electrons. The molecule has 0 aliphatic rings. The highest BCUT2D eigenvalue weighted by Gasteiger charge is 2.21. The number of rotatable bonds is 9. The van der Waals surface area contributed by atoms with Crippen molar-refractivity contribution in [2.45, 2.75) is 10.9 Å². The van der Waals surface area contributed by atoms with Crippen LogP contribution in [0.1, 0.15) is 15.9 Å². The normalized spacial score (nSPS) is 11.1. The van der Waals surface area contributed by atoms with Crippen LogP contribution in [0.3, 0.4) is 0 Å². The first-order valence-electron chi connectivity index (χ1n) is 9.33. The molecule has 13 heteroatoms. The van der Waals surface area contributed by atoms with Gasteiger partial charge in [-0.2, -0.15) is 0 Å². The fourth-order valence-electron chi connectivity index (χ4n) is 2.63. The lowest BCUT2D eigenvalue weighted by Crippen LogP contribution is -2.30. The van der Waals surface area contributed by atoms with E-state index in [4.69, 9.17) is 0 Å². The lowest BCUT2D eigenvalue weighted by atomic mass is 10.1. The summed E-state index contributed by atoms with van der Waals surface area (Å²) in [5.74, 6) is -1.40. The van der Waals surface area contributed by atoms with E-state index in [-0.39, 0.29) is 23.1 Å². The number of hydrogen-bond acceptors (Lipinski definition) is 9. The molecule has 1 N–H and O–H groups in total. The van der Waals surface area contributed by atoms with E-state index in [1.807, 2.05) is 0 Å². The van der Waals surface area contributed by atoms with Crippen LogP contribution in [0.2, 0.25) is 0 Å². The standard InChI is InChI=1S/C20H19FN4O5S3/c1-30-17(26)12-31-20-24-23-19(32-20)22-18(27)14-9-7-13(8-10-14)11-25(33(2,28)29)16-6-4-3-5-15(16)21/h3-10H,11-12H2,1-2H3,(H,22,23,27). The zero-order chi connectivity index (χ0) is 24.0. The van der Waals surface area contributed by atoms with Gasteiger partial charge in [-0.1, -0.05) is 47.4 Å². The number of thioether (sulfide) groups is 1. The molecule has 174 valence electrons. The third-order valence-electron chi connectivity index (χ3n) is 4.23. The molecule has 0 aliphatic heterocycles. The van der Waals surface area contributed by atoms with Crippen molar-refractivity contribution in [3.05, 3.63) is 65.5 Å². The van der Waals surface area contributed by atoms with Crippen LogP contribution in [0.25, 0.3) is 0 Å². The number of methoxy groups -OCH3 is 1. The van der Waals surface area contributed by atoms with Gasteiger partial charge in [0.25, 0.3) is 5.91 Å². The predicted molar refractivity (Wildman–Crippen MR) is 124 cm³/mol. The van der Waals surface area contributed by atoms with Gasteiger partial charge < -0.3 is 4.74 Å². The lowest BCUT2D eigenvalue weighted by Gasteiger charge is -2.23. The SMILES string of the molecule is COC(=O)CSc1nnc(NC(=O)c2ccc(CN(c3ccccc3F)S(C)(=O)=O)cc2)s1. The smallest absolute Gasteiger partial charge is 0.316 e. The van der Waals surface area contributed by atoms with Crippen LogP contribution in [0.15, 0.2) is 52.9 Å². The maximum Gasteiger partial charge on any atom is 0.316 e. The number of halogens is 1. The van der Waals surface area contributed by atoms with E-state index in [1.54, 1.807) is 18.2 Å². The highest BCUT2D eigenvalue weighted by atomic mass is 32.2. The Balaban J connectivity index is 1.67. The zero-order valence-electron chi connectivity index (χ0n) is 17.5. The van der Waals surface area contributed by atoms with Gasteiger partial charge in [0.1, 0.15) is 5.82 Å². The lowest BCUT2D eigenvalue weighted by molar-refractivity contribution is -0.137. The number of para-hydroxylation sites is 1. The van der Waals surface area contributed by atoms with E-state index < -0.39 is 27.7 Å². The van der Waals surface area contributed by atoms with Crippen molar-refractivity contribution in [3.63, 3.8) is 0 Å². The maximum absolute atomic E-state index is 14.2. The number of esters is 1. The van der Waals surface area contributed by atoms with Crippen LogP contribution >= 0.6 is 23.1 Å². The Morgan fingerprint density at radius 1 is 1.15 bits per heavy atom. The van der Waals surface area contributed by atoms with E-state index >= 15 is 0 Å². The monoisotopic (exact) mass is 510 g/mol. The summed E-state index contributed by atoms with van der Waals surface area (Å²) in [7, 11) is -2.46. The second-order valence-electron chi connectivity index (χ2n) is 6.61. The summed E-state index contributed by atoms with van der Waals surface area (Å²) < 4.78 is 44.6. The van der Waals surface area contributed by atoms with Gasteiger partial charge in [0.2, 0.25) is 15.2 Å². The molecule has 1 aromatic heterocycles. The summed E-state index contributed by atoms with van der Waals surface area (Å²) in [5, 5.41) is 10.6. The van der Waals surface area contributed by atoms with Crippen molar-refractivity contribution in [2.24, 2.45) is 0 Å². The summed E-state index contributed by atoms with van der Waals surface area (Å²) >= 11 is 2.26.